The number of hydrogen-bond acceptors (Lipinski definition) is 0. The Bertz CT molecular complexity index is 370. The summed E-state index contributed by atoms with van der Waals surface area (Å²) in [7, 11) is 0. The normalized spacial score (nSPS) is 25.5. The second-order valence-corrected chi connectivity index (χ2v) is 6.01. The quantitative estimate of drug-likeness (QED) is 0.688. The van der Waals surface area contributed by atoms with Crippen LogP contribution in [0.2, 0.25) is 0 Å². The van der Waals surface area contributed by atoms with E-state index in [4.69, 9.17) is 0 Å². The van der Waals surface area contributed by atoms with Crippen LogP contribution in [0.1, 0.15) is 48.7 Å². The number of halogens is 1. The van der Waals surface area contributed by atoms with Gasteiger partial charge in [-0.05, 0) is 47.8 Å². The van der Waals surface area contributed by atoms with E-state index in [-0.39, 0.29) is 0 Å². The van der Waals surface area contributed by atoms with Crippen LogP contribution in [0.4, 0.5) is 0 Å². The molecule has 0 amide bonds. The third kappa shape index (κ3) is 2.34. The first kappa shape index (κ1) is 12.2. The molecule has 0 aliphatic heterocycles. The summed E-state index contributed by atoms with van der Waals surface area (Å²) in [6.45, 7) is 6.84. The highest BCUT2D eigenvalue weighted by atomic mass is 79.9. The molecule has 1 saturated carbocycles. The molecule has 1 aromatic rings. The first-order valence-corrected chi connectivity index (χ1v) is 7.34. The maximum atomic E-state index is 3.91. The Hall–Kier alpha value is -0.300. The predicted molar refractivity (Wildman–Crippen MR) is 74.1 cm³/mol. The van der Waals surface area contributed by atoms with Crippen LogP contribution in [-0.4, -0.2) is 0 Å². The molecule has 88 valence electrons. The molecule has 1 aliphatic carbocycles. The second kappa shape index (κ2) is 4.91. The molecule has 2 rings (SSSR count). The van der Waals surface area contributed by atoms with E-state index in [2.05, 4.69) is 54.9 Å². The van der Waals surface area contributed by atoms with Crippen molar-refractivity contribution in [2.75, 3.05) is 0 Å². The van der Waals surface area contributed by atoms with Crippen LogP contribution in [0, 0.1) is 11.8 Å². The maximum Gasteiger partial charge on any atom is 0.0428 e. The third-order valence-corrected chi connectivity index (χ3v) is 5.02. The molecule has 3 atom stereocenters. The van der Waals surface area contributed by atoms with Crippen LogP contribution >= 0.6 is 15.9 Å². The van der Waals surface area contributed by atoms with Crippen LogP contribution in [0.3, 0.4) is 0 Å². The highest BCUT2D eigenvalue weighted by Gasteiger charge is 2.39. The van der Waals surface area contributed by atoms with Gasteiger partial charge in [0.15, 0.2) is 0 Å². The van der Waals surface area contributed by atoms with E-state index < -0.39 is 0 Å². The number of rotatable bonds is 4. The lowest BCUT2D eigenvalue weighted by atomic mass is 9.96. The number of benzene rings is 1. The van der Waals surface area contributed by atoms with Gasteiger partial charge in [-0.15, -0.1) is 0 Å². The van der Waals surface area contributed by atoms with Gasteiger partial charge in [0.05, 0.1) is 0 Å². The standard InChI is InChI=1S/C15H21Br/c1-4-11-6-7-12(5-2)14(9-11)15(16)13-8-10(13)3/h6-7,9-10,13,15H,4-5,8H2,1-3H3. The minimum atomic E-state index is 0.573. The van der Waals surface area contributed by atoms with Gasteiger partial charge in [-0.2, -0.15) is 0 Å². The van der Waals surface area contributed by atoms with Gasteiger partial charge in [0, 0.05) is 4.83 Å². The van der Waals surface area contributed by atoms with Crippen molar-refractivity contribution in [1.82, 2.24) is 0 Å². The van der Waals surface area contributed by atoms with E-state index in [0.29, 0.717) is 4.83 Å². The lowest BCUT2D eigenvalue weighted by Crippen LogP contribution is -2.00. The summed E-state index contributed by atoms with van der Waals surface area (Å²) < 4.78 is 0. The molecule has 3 unspecified atom stereocenters. The number of hydrogen-bond donors (Lipinski definition) is 0. The minimum Gasteiger partial charge on any atom is -0.0836 e. The van der Waals surface area contributed by atoms with Crippen molar-refractivity contribution in [2.24, 2.45) is 11.8 Å². The fraction of sp³-hybridized carbons (Fsp3) is 0.600. The molecule has 0 heterocycles. The summed E-state index contributed by atoms with van der Waals surface area (Å²) in [5.74, 6) is 1.76. The van der Waals surface area contributed by atoms with Gasteiger partial charge >= 0.3 is 0 Å². The molecule has 16 heavy (non-hydrogen) atoms. The molecule has 1 fully saturated rings. The Morgan fingerprint density at radius 2 is 2.00 bits per heavy atom. The van der Waals surface area contributed by atoms with Gasteiger partial charge in [0.25, 0.3) is 0 Å². The van der Waals surface area contributed by atoms with E-state index >= 15 is 0 Å². The predicted octanol–water partition coefficient (Wildman–Crippen LogP) is 4.90. The molecule has 0 nitrogen and oxygen atoms in total. The van der Waals surface area contributed by atoms with Crippen molar-refractivity contribution in [3.05, 3.63) is 34.9 Å². The van der Waals surface area contributed by atoms with Crippen molar-refractivity contribution >= 4 is 15.9 Å². The van der Waals surface area contributed by atoms with Crippen LogP contribution in [0.25, 0.3) is 0 Å². The summed E-state index contributed by atoms with van der Waals surface area (Å²) in [6.07, 6.45) is 3.66. The van der Waals surface area contributed by atoms with Gasteiger partial charge in [0.2, 0.25) is 0 Å². The van der Waals surface area contributed by atoms with Crippen molar-refractivity contribution in [2.45, 2.75) is 44.9 Å². The van der Waals surface area contributed by atoms with Crippen LogP contribution in [0.5, 0.6) is 0 Å². The fourth-order valence-corrected chi connectivity index (χ4v) is 3.60. The molecule has 0 saturated heterocycles. The second-order valence-electron chi connectivity index (χ2n) is 5.02. The molecule has 0 aromatic heterocycles. The first-order chi connectivity index (χ1) is 7.67. The minimum absolute atomic E-state index is 0.573. The molecule has 1 heteroatoms. The van der Waals surface area contributed by atoms with Gasteiger partial charge in [-0.3, -0.25) is 0 Å². The summed E-state index contributed by atoms with van der Waals surface area (Å²) in [5, 5.41) is 0. The fourth-order valence-electron chi connectivity index (χ4n) is 2.43. The first-order valence-electron chi connectivity index (χ1n) is 6.43. The summed E-state index contributed by atoms with van der Waals surface area (Å²) in [5.41, 5.74) is 4.51. The Labute approximate surface area is 108 Å². The molecule has 0 radical (unpaired) electrons. The lowest BCUT2D eigenvalue weighted by Gasteiger charge is -2.15. The zero-order chi connectivity index (χ0) is 11.7. The third-order valence-electron chi connectivity index (χ3n) is 3.84. The Balaban J connectivity index is 2.29. The molecule has 1 aromatic carbocycles. The smallest absolute Gasteiger partial charge is 0.0428 e. The molecule has 0 bridgehead atoms. The average Bonchev–Trinajstić information content (AvgIpc) is 3.04. The zero-order valence-electron chi connectivity index (χ0n) is 10.5. The van der Waals surface area contributed by atoms with Crippen LogP contribution in [0.15, 0.2) is 18.2 Å². The monoisotopic (exact) mass is 280 g/mol. The van der Waals surface area contributed by atoms with Gasteiger partial charge in [-0.25, -0.2) is 0 Å². The highest BCUT2D eigenvalue weighted by Crippen LogP contribution is 2.51. The maximum absolute atomic E-state index is 3.91. The highest BCUT2D eigenvalue weighted by molar-refractivity contribution is 9.09. The average molecular weight is 281 g/mol. The van der Waals surface area contributed by atoms with Gasteiger partial charge in [0.1, 0.15) is 0 Å². The summed E-state index contributed by atoms with van der Waals surface area (Å²) in [4.78, 5) is 0.573. The number of aryl methyl sites for hydroxylation is 2. The van der Waals surface area contributed by atoms with E-state index in [1.165, 1.54) is 23.1 Å². The lowest BCUT2D eigenvalue weighted by molar-refractivity contribution is 0.733. The van der Waals surface area contributed by atoms with E-state index in [1.54, 1.807) is 0 Å². The van der Waals surface area contributed by atoms with E-state index in [9.17, 15) is 0 Å². The van der Waals surface area contributed by atoms with Crippen molar-refractivity contribution in [1.29, 1.82) is 0 Å². The summed E-state index contributed by atoms with van der Waals surface area (Å²) >= 11 is 3.91. The molecule has 1 aliphatic rings. The SMILES string of the molecule is CCc1ccc(CC)c(C(Br)C2CC2C)c1. The van der Waals surface area contributed by atoms with Crippen LogP contribution < -0.4 is 0 Å². The largest absolute Gasteiger partial charge is 0.0836 e. The Morgan fingerprint density at radius 3 is 2.50 bits per heavy atom. The molecule has 0 N–H and O–H groups in total. The molecule has 0 spiro atoms. The summed E-state index contributed by atoms with van der Waals surface area (Å²) in [6, 6.07) is 7.00. The number of alkyl halides is 1. The van der Waals surface area contributed by atoms with E-state index in [1.807, 2.05) is 0 Å². The van der Waals surface area contributed by atoms with Gasteiger partial charge < -0.3 is 0 Å². The van der Waals surface area contributed by atoms with Crippen LogP contribution in [-0.2, 0) is 12.8 Å². The zero-order valence-corrected chi connectivity index (χ0v) is 12.0. The van der Waals surface area contributed by atoms with Crippen molar-refractivity contribution < 1.29 is 0 Å². The molecular weight excluding hydrogens is 260 g/mol. The Kier molecular flexibility index (Phi) is 3.73. The van der Waals surface area contributed by atoms with Crippen molar-refractivity contribution in [3.8, 4) is 0 Å². The molecular formula is C15H21Br. The Morgan fingerprint density at radius 1 is 1.31 bits per heavy atom. The van der Waals surface area contributed by atoms with Gasteiger partial charge in [-0.1, -0.05) is 54.9 Å². The topological polar surface area (TPSA) is 0 Å². The van der Waals surface area contributed by atoms with E-state index in [0.717, 1.165) is 24.7 Å². The van der Waals surface area contributed by atoms with Crippen molar-refractivity contribution in [3.63, 3.8) is 0 Å².